The van der Waals surface area contributed by atoms with Gasteiger partial charge in [0.1, 0.15) is 9.84 Å². The third kappa shape index (κ3) is 8.30. The summed E-state index contributed by atoms with van der Waals surface area (Å²) in [7, 11) is -2.83. The van der Waals surface area contributed by atoms with E-state index in [0.29, 0.717) is 13.1 Å². The van der Waals surface area contributed by atoms with E-state index in [1.807, 2.05) is 6.92 Å². The molecule has 5 heteroatoms. The Balaban J connectivity index is 3.34. The third-order valence-corrected chi connectivity index (χ3v) is 2.87. The largest absolute Gasteiger partial charge is 0.314 e. The summed E-state index contributed by atoms with van der Waals surface area (Å²) in [6, 6.07) is 0. The third-order valence-electron chi connectivity index (χ3n) is 1.46. The molecule has 74 valence electrons. The minimum Gasteiger partial charge on any atom is -0.314 e. The van der Waals surface area contributed by atoms with Gasteiger partial charge in [0.2, 0.25) is 0 Å². The monoisotopic (exact) mass is 213 g/mol. The van der Waals surface area contributed by atoms with E-state index < -0.39 is 9.84 Å². The molecule has 0 spiro atoms. The average Bonchev–Trinajstić information content (AvgIpc) is 1.96. The molecular formula is C7H16ClNO2S. The van der Waals surface area contributed by atoms with E-state index in [9.17, 15) is 8.42 Å². The Morgan fingerprint density at radius 2 is 2.08 bits per heavy atom. The van der Waals surface area contributed by atoms with Crippen molar-refractivity contribution in [2.45, 2.75) is 18.7 Å². The zero-order valence-corrected chi connectivity index (χ0v) is 9.08. The van der Waals surface area contributed by atoms with Crippen molar-refractivity contribution in [2.24, 2.45) is 0 Å². The van der Waals surface area contributed by atoms with Crippen LogP contribution in [0.5, 0.6) is 0 Å². The van der Waals surface area contributed by atoms with Crippen LogP contribution < -0.4 is 5.32 Å². The highest BCUT2D eigenvalue weighted by molar-refractivity contribution is 7.90. The van der Waals surface area contributed by atoms with Gasteiger partial charge in [-0.05, 0) is 6.42 Å². The predicted molar refractivity (Wildman–Crippen MR) is 52.5 cm³/mol. The molecule has 0 rings (SSSR count). The summed E-state index contributed by atoms with van der Waals surface area (Å²) in [5, 5.41) is 3.08. The van der Waals surface area contributed by atoms with Gasteiger partial charge in [-0.1, -0.05) is 6.92 Å². The van der Waals surface area contributed by atoms with Gasteiger partial charge in [0.15, 0.2) is 0 Å². The maximum Gasteiger partial charge on any atom is 0.148 e. The van der Waals surface area contributed by atoms with Crippen molar-refractivity contribution in [1.29, 1.82) is 0 Å². The molecule has 0 aromatic rings. The first kappa shape index (κ1) is 12.2. The van der Waals surface area contributed by atoms with Crippen LogP contribution in [-0.4, -0.2) is 38.9 Å². The molecule has 0 fully saturated rings. The number of hydrogen-bond acceptors (Lipinski definition) is 3. The Kier molecular flexibility index (Phi) is 5.88. The van der Waals surface area contributed by atoms with Crippen molar-refractivity contribution in [3.05, 3.63) is 0 Å². The smallest absolute Gasteiger partial charge is 0.148 e. The van der Waals surface area contributed by atoms with E-state index in [2.05, 4.69) is 5.32 Å². The van der Waals surface area contributed by atoms with E-state index in [0.717, 1.165) is 6.42 Å². The lowest BCUT2D eigenvalue weighted by atomic mass is 10.3. The summed E-state index contributed by atoms with van der Waals surface area (Å²) < 4.78 is 21.3. The summed E-state index contributed by atoms with van der Waals surface area (Å²) >= 11 is 5.80. The van der Waals surface area contributed by atoms with Crippen molar-refractivity contribution in [3.8, 4) is 0 Å². The van der Waals surface area contributed by atoms with Crippen LogP contribution in [0.4, 0.5) is 0 Å². The highest BCUT2D eigenvalue weighted by atomic mass is 35.5. The molecule has 0 aliphatic rings. The normalized spacial score (nSPS) is 14.6. The van der Waals surface area contributed by atoms with Crippen LogP contribution in [0.2, 0.25) is 0 Å². The molecule has 0 amide bonds. The molecule has 1 N–H and O–H groups in total. The molecule has 1 atom stereocenters. The summed E-state index contributed by atoms with van der Waals surface area (Å²) in [6.45, 7) is 3.16. The minimum absolute atomic E-state index is 0.101. The number of nitrogens with one attached hydrogen (secondary N) is 1. The minimum atomic E-state index is -2.83. The fourth-order valence-electron chi connectivity index (χ4n) is 0.661. The number of rotatable bonds is 6. The number of alkyl halides is 1. The second-order valence-electron chi connectivity index (χ2n) is 2.84. The van der Waals surface area contributed by atoms with Crippen molar-refractivity contribution >= 4 is 21.4 Å². The Morgan fingerprint density at radius 3 is 2.50 bits per heavy atom. The van der Waals surface area contributed by atoms with Crippen molar-refractivity contribution < 1.29 is 8.42 Å². The first-order chi connectivity index (χ1) is 5.45. The molecular weight excluding hydrogens is 198 g/mol. The van der Waals surface area contributed by atoms with Crippen molar-refractivity contribution in [2.75, 3.05) is 25.1 Å². The molecule has 3 nitrogen and oxygen atoms in total. The van der Waals surface area contributed by atoms with E-state index in [1.165, 1.54) is 6.26 Å². The zero-order valence-electron chi connectivity index (χ0n) is 7.51. The van der Waals surface area contributed by atoms with Gasteiger partial charge in [0.05, 0.1) is 5.75 Å². The van der Waals surface area contributed by atoms with Crippen LogP contribution in [0, 0.1) is 0 Å². The topological polar surface area (TPSA) is 46.2 Å². The van der Waals surface area contributed by atoms with E-state index >= 15 is 0 Å². The summed E-state index contributed by atoms with van der Waals surface area (Å²) in [5.74, 6) is 0.181. The molecule has 0 saturated heterocycles. The van der Waals surface area contributed by atoms with Gasteiger partial charge in [0, 0.05) is 24.7 Å². The van der Waals surface area contributed by atoms with Crippen LogP contribution in [0.25, 0.3) is 0 Å². The Hall–Kier alpha value is 0.200. The van der Waals surface area contributed by atoms with Crippen LogP contribution in [0.1, 0.15) is 13.3 Å². The number of hydrogen-bond donors (Lipinski definition) is 1. The molecule has 12 heavy (non-hydrogen) atoms. The second kappa shape index (κ2) is 5.78. The molecule has 0 aromatic carbocycles. The molecule has 1 unspecified atom stereocenters. The molecule has 0 bridgehead atoms. The zero-order chi connectivity index (χ0) is 9.61. The van der Waals surface area contributed by atoms with Crippen LogP contribution in [0.3, 0.4) is 0 Å². The number of halogens is 1. The quantitative estimate of drug-likeness (QED) is 0.520. The Morgan fingerprint density at radius 1 is 1.50 bits per heavy atom. The van der Waals surface area contributed by atoms with Crippen molar-refractivity contribution in [1.82, 2.24) is 5.32 Å². The van der Waals surface area contributed by atoms with Gasteiger partial charge in [-0.2, -0.15) is 0 Å². The van der Waals surface area contributed by atoms with E-state index in [1.54, 1.807) is 0 Å². The molecule has 0 radical (unpaired) electrons. The lowest BCUT2D eigenvalue weighted by Crippen LogP contribution is -2.27. The van der Waals surface area contributed by atoms with Gasteiger partial charge in [-0.3, -0.25) is 0 Å². The van der Waals surface area contributed by atoms with Crippen LogP contribution in [-0.2, 0) is 9.84 Å². The first-order valence-corrected chi connectivity index (χ1v) is 6.48. The van der Waals surface area contributed by atoms with Gasteiger partial charge < -0.3 is 5.32 Å². The predicted octanol–water partition coefficient (Wildman–Crippen LogP) is 0.638. The maximum atomic E-state index is 10.7. The lowest BCUT2D eigenvalue weighted by molar-refractivity contribution is 0.594. The van der Waals surface area contributed by atoms with Gasteiger partial charge in [0.25, 0.3) is 0 Å². The Labute approximate surface area is 79.4 Å². The first-order valence-electron chi connectivity index (χ1n) is 3.98. The summed E-state index contributed by atoms with van der Waals surface area (Å²) in [6.07, 6.45) is 2.13. The second-order valence-corrected chi connectivity index (χ2v) is 5.72. The highest BCUT2D eigenvalue weighted by Crippen LogP contribution is 1.97. The summed E-state index contributed by atoms with van der Waals surface area (Å²) in [4.78, 5) is 0. The van der Waals surface area contributed by atoms with Crippen molar-refractivity contribution in [3.63, 3.8) is 0 Å². The van der Waals surface area contributed by atoms with Crippen LogP contribution in [0.15, 0.2) is 0 Å². The lowest BCUT2D eigenvalue weighted by Gasteiger charge is -2.06. The standard InChI is InChI=1S/C7H16ClNO2S/c1-3-7(8)6-9-4-5-12(2,10)11/h7,9H,3-6H2,1-2H3. The number of sulfone groups is 1. The van der Waals surface area contributed by atoms with Crippen LogP contribution >= 0.6 is 11.6 Å². The van der Waals surface area contributed by atoms with Gasteiger partial charge >= 0.3 is 0 Å². The molecule has 0 aliphatic carbocycles. The Bertz CT molecular complexity index is 203. The fourth-order valence-corrected chi connectivity index (χ4v) is 1.28. The fraction of sp³-hybridized carbons (Fsp3) is 1.00. The molecule has 0 aromatic heterocycles. The average molecular weight is 214 g/mol. The highest BCUT2D eigenvalue weighted by Gasteiger charge is 2.03. The van der Waals surface area contributed by atoms with Gasteiger partial charge in [-0.25, -0.2) is 8.42 Å². The molecule has 0 aliphatic heterocycles. The van der Waals surface area contributed by atoms with Gasteiger partial charge in [-0.15, -0.1) is 11.6 Å². The van der Waals surface area contributed by atoms with E-state index in [-0.39, 0.29) is 11.1 Å². The van der Waals surface area contributed by atoms with E-state index in [4.69, 9.17) is 11.6 Å². The molecule has 0 heterocycles. The summed E-state index contributed by atoms with van der Waals surface area (Å²) in [5.41, 5.74) is 0. The molecule has 0 saturated carbocycles. The maximum absolute atomic E-state index is 10.7. The SMILES string of the molecule is CCC(Cl)CNCCS(C)(=O)=O.